The highest BCUT2D eigenvalue weighted by molar-refractivity contribution is 6.30. The van der Waals surface area contributed by atoms with Gasteiger partial charge in [0.15, 0.2) is 5.76 Å². The maximum Gasteiger partial charge on any atom is 0.321 e. The monoisotopic (exact) mass is 439 g/mol. The van der Waals surface area contributed by atoms with Gasteiger partial charge in [-0.3, -0.25) is 14.7 Å². The lowest BCUT2D eigenvalue weighted by Gasteiger charge is -2.34. The van der Waals surface area contributed by atoms with Crippen LogP contribution < -0.4 is 10.6 Å². The van der Waals surface area contributed by atoms with E-state index in [1.54, 1.807) is 47.5 Å². The molecule has 2 N–H and O–H groups in total. The maximum absolute atomic E-state index is 12.6. The van der Waals surface area contributed by atoms with Gasteiger partial charge in [-0.05, 0) is 48.5 Å². The number of piperazine rings is 1. The quantitative estimate of drug-likeness (QED) is 0.628. The van der Waals surface area contributed by atoms with E-state index in [0.717, 1.165) is 25.3 Å². The molecule has 0 saturated carbocycles. The lowest BCUT2D eigenvalue weighted by Crippen LogP contribution is -2.49. The summed E-state index contributed by atoms with van der Waals surface area (Å²) in [6.07, 6.45) is 3.09. The Labute approximate surface area is 184 Å². The minimum Gasteiger partial charge on any atom is -0.459 e. The third-order valence-electron chi connectivity index (χ3n) is 4.97. The highest BCUT2D eigenvalue weighted by atomic mass is 35.5. The Kier molecular flexibility index (Phi) is 6.49. The third kappa shape index (κ3) is 5.62. The fraction of sp³-hybridized carbons (Fsp3) is 0.227. The number of halogens is 1. The summed E-state index contributed by atoms with van der Waals surface area (Å²) in [6.45, 7) is 3.55. The van der Waals surface area contributed by atoms with Crippen LogP contribution in [-0.2, 0) is 6.54 Å². The molecule has 1 saturated heterocycles. The van der Waals surface area contributed by atoms with Crippen LogP contribution in [0.2, 0.25) is 5.02 Å². The van der Waals surface area contributed by atoms with E-state index in [0.29, 0.717) is 29.5 Å². The molecule has 160 valence electrons. The van der Waals surface area contributed by atoms with E-state index in [1.165, 1.54) is 6.26 Å². The van der Waals surface area contributed by atoms with Crippen molar-refractivity contribution in [1.82, 2.24) is 14.8 Å². The van der Waals surface area contributed by atoms with E-state index >= 15 is 0 Å². The summed E-state index contributed by atoms with van der Waals surface area (Å²) in [5, 5.41) is 6.27. The number of anilines is 2. The van der Waals surface area contributed by atoms with Crippen LogP contribution in [-0.4, -0.2) is 52.9 Å². The van der Waals surface area contributed by atoms with Crippen LogP contribution in [0.25, 0.3) is 0 Å². The Morgan fingerprint density at radius 2 is 1.68 bits per heavy atom. The fourth-order valence-electron chi connectivity index (χ4n) is 3.28. The molecule has 31 heavy (non-hydrogen) atoms. The minimum absolute atomic E-state index is 0.142. The first kappa shape index (κ1) is 20.9. The molecular formula is C22H22ClN5O3. The Morgan fingerprint density at radius 3 is 2.29 bits per heavy atom. The van der Waals surface area contributed by atoms with E-state index in [9.17, 15) is 9.59 Å². The van der Waals surface area contributed by atoms with Gasteiger partial charge < -0.3 is 20.0 Å². The molecule has 0 aliphatic carbocycles. The van der Waals surface area contributed by atoms with Gasteiger partial charge in [0.25, 0.3) is 5.91 Å². The predicted molar refractivity (Wildman–Crippen MR) is 118 cm³/mol. The topological polar surface area (TPSA) is 90.7 Å². The second kappa shape index (κ2) is 9.63. The van der Waals surface area contributed by atoms with E-state index in [1.807, 2.05) is 12.1 Å². The smallest absolute Gasteiger partial charge is 0.321 e. The number of hydrogen-bond donors (Lipinski definition) is 2. The zero-order valence-corrected chi connectivity index (χ0v) is 17.5. The Bertz CT molecular complexity index is 1010. The number of benzene rings is 1. The van der Waals surface area contributed by atoms with Crippen molar-refractivity contribution in [2.75, 3.05) is 36.8 Å². The lowest BCUT2D eigenvalue weighted by atomic mass is 10.2. The van der Waals surface area contributed by atoms with E-state index in [-0.39, 0.29) is 17.7 Å². The van der Waals surface area contributed by atoms with Crippen molar-refractivity contribution in [2.45, 2.75) is 6.54 Å². The van der Waals surface area contributed by atoms with Gasteiger partial charge in [0.05, 0.1) is 17.0 Å². The van der Waals surface area contributed by atoms with Gasteiger partial charge in [0.1, 0.15) is 0 Å². The zero-order valence-electron chi connectivity index (χ0n) is 16.8. The number of rotatable bonds is 5. The van der Waals surface area contributed by atoms with Crippen LogP contribution in [0.5, 0.6) is 0 Å². The second-order valence-corrected chi connectivity index (χ2v) is 7.61. The molecule has 2 aromatic heterocycles. The summed E-state index contributed by atoms with van der Waals surface area (Å²) < 4.78 is 5.07. The van der Waals surface area contributed by atoms with Crippen molar-refractivity contribution in [1.29, 1.82) is 0 Å². The standard InChI is InChI=1S/C22H22ClN5O3/c23-16-3-4-19(24-14-16)15-27-9-11-28(12-10-27)22(30)26-18-7-5-17(6-8-18)25-21(29)20-2-1-13-31-20/h1-8,13-14H,9-12,15H2,(H,25,29)(H,26,30). The number of amides is 3. The molecule has 1 fully saturated rings. The number of hydrogen-bond acceptors (Lipinski definition) is 5. The number of carbonyl (C=O) groups excluding carboxylic acids is 2. The van der Waals surface area contributed by atoms with Gasteiger partial charge in [-0.1, -0.05) is 11.6 Å². The molecule has 3 heterocycles. The van der Waals surface area contributed by atoms with E-state index in [4.69, 9.17) is 16.0 Å². The predicted octanol–water partition coefficient (Wildman–Crippen LogP) is 3.93. The Morgan fingerprint density at radius 1 is 0.968 bits per heavy atom. The minimum atomic E-state index is -0.326. The molecular weight excluding hydrogens is 418 g/mol. The molecule has 3 aromatic rings. The molecule has 0 radical (unpaired) electrons. The number of nitrogens with zero attached hydrogens (tertiary/aromatic N) is 3. The van der Waals surface area contributed by atoms with E-state index in [2.05, 4.69) is 20.5 Å². The van der Waals surface area contributed by atoms with Crippen molar-refractivity contribution in [2.24, 2.45) is 0 Å². The number of aromatic nitrogens is 1. The molecule has 8 nitrogen and oxygen atoms in total. The molecule has 1 aromatic carbocycles. The largest absolute Gasteiger partial charge is 0.459 e. The van der Waals surface area contributed by atoms with Gasteiger partial charge in [0, 0.05) is 50.3 Å². The summed E-state index contributed by atoms with van der Waals surface area (Å²) >= 11 is 5.88. The maximum atomic E-state index is 12.6. The fourth-order valence-corrected chi connectivity index (χ4v) is 3.39. The van der Waals surface area contributed by atoms with Crippen LogP contribution in [0.3, 0.4) is 0 Å². The summed E-state index contributed by atoms with van der Waals surface area (Å²) in [5.41, 5.74) is 2.24. The molecule has 9 heteroatoms. The van der Waals surface area contributed by atoms with Gasteiger partial charge in [-0.25, -0.2) is 4.79 Å². The van der Waals surface area contributed by atoms with Crippen LogP contribution in [0.4, 0.5) is 16.2 Å². The first-order chi connectivity index (χ1) is 15.1. The zero-order chi connectivity index (χ0) is 21.6. The second-order valence-electron chi connectivity index (χ2n) is 7.17. The first-order valence-corrected chi connectivity index (χ1v) is 10.3. The molecule has 1 aliphatic rings. The average Bonchev–Trinajstić information content (AvgIpc) is 3.32. The number of urea groups is 1. The Hall–Kier alpha value is -3.36. The third-order valence-corrected chi connectivity index (χ3v) is 5.20. The SMILES string of the molecule is O=C(Nc1ccc(NC(=O)N2CCN(Cc3ccc(Cl)cn3)CC2)cc1)c1ccco1. The van der Waals surface area contributed by atoms with Gasteiger partial charge in [-0.15, -0.1) is 0 Å². The van der Waals surface area contributed by atoms with E-state index < -0.39 is 0 Å². The summed E-state index contributed by atoms with van der Waals surface area (Å²) in [4.78, 5) is 33.0. The summed E-state index contributed by atoms with van der Waals surface area (Å²) in [5.74, 6) is -0.0863. The molecule has 0 atom stereocenters. The highest BCUT2D eigenvalue weighted by Crippen LogP contribution is 2.16. The molecule has 0 unspecified atom stereocenters. The normalized spacial score (nSPS) is 14.3. The number of pyridine rings is 1. The van der Waals surface area contributed by atoms with Crippen LogP contribution in [0.1, 0.15) is 16.2 Å². The number of furan rings is 1. The van der Waals surface area contributed by atoms with Crippen LogP contribution in [0, 0.1) is 0 Å². The van der Waals surface area contributed by atoms with Crippen molar-refractivity contribution in [3.8, 4) is 0 Å². The first-order valence-electron chi connectivity index (χ1n) is 9.90. The number of carbonyl (C=O) groups is 2. The number of nitrogens with one attached hydrogen (secondary N) is 2. The molecule has 0 spiro atoms. The average molecular weight is 440 g/mol. The van der Waals surface area contributed by atoms with Gasteiger partial charge in [0.2, 0.25) is 0 Å². The highest BCUT2D eigenvalue weighted by Gasteiger charge is 2.21. The van der Waals surface area contributed by atoms with Crippen LogP contribution >= 0.6 is 11.6 Å². The van der Waals surface area contributed by atoms with Crippen molar-refractivity contribution in [3.05, 3.63) is 77.5 Å². The Balaban J connectivity index is 1.24. The summed E-state index contributed by atoms with van der Waals surface area (Å²) in [7, 11) is 0. The van der Waals surface area contributed by atoms with Gasteiger partial charge >= 0.3 is 6.03 Å². The van der Waals surface area contributed by atoms with Crippen molar-refractivity contribution < 1.29 is 14.0 Å². The van der Waals surface area contributed by atoms with Crippen molar-refractivity contribution in [3.63, 3.8) is 0 Å². The van der Waals surface area contributed by atoms with Crippen molar-refractivity contribution >= 4 is 34.9 Å². The van der Waals surface area contributed by atoms with Crippen LogP contribution in [0.15, 0.2) is 65.4 Å². The molecule has 1 aliphatic heterocycles. The summed E-state index contributed by atoms with van der Waals surface area (Å²) in [6, 6.07) is 13.8. The molecule has 0 bridgehead atoms. The molecule has 4 rings (SSSR count). The lowest BCUT2D eigenvalue weighted by molar-refractivity contribution is 0.0996. The van der Waals surface area contributed by atoms with Gasteiger partial charge in [-0.2, -0.15) is 0 Å². The molecule has 3 amide bonds.